The number of ether oxygens (including phenoxy) is 1. The van der Waals surface area contributed by atoms with Crippen molar-refractivity contribution in [3.8, 4) is 0 Å². The Labute approximate surface area is 137 Å². The van der Waals surface area contributed by atoms with Gasteiger partial charge in [0.15, 0.2) is 0 Å². The average Bonchev–Trinajstić information content (AvgIpc) is 2.51. The van der Waals surface area contributed by atoms with Crippen LogP contribution in [0.3, 0.4) is 0 Å². The highest BCUT2D eigenvalue weighted by atomic mass is 16.5. The lowest BCUT2D eigenvalue weighted by atomic mass is 9.55. The van der Waals surface area contributed by atoms with Gasteiger partial charge in [0.1, 0.15) is 5.78 Å². The molecule has 2 aliphatic rings. The Bertz CT molecular complexity index is 634. The molecule has 3 rings (SSSR count). The van der Waals surface area contributed by atoms with Crippen molar-refractivity contribution < 1.29 is 14.3 Å². The van der Waals surface area contributed by atoms with Crippen molar-refractivity contribution in [1.29, 1.82) is 0 Å². The molecular weight excluding hydrogens is 288 g/mol. The van der Waals surface area contributed by atoms with Crippen LogP contribution in [0.2, 0.25) is 0 Å². The van der Waals surface area contributed by atoms with Crippen molar-refractivity contribution >= 4 is 11.8 Å². The van der Waals surface area contributed by atoms with Gasteiger partial charge >= 0.3 is 5.97 Å². The highest BCUT2D eigenvalue weighted by Gasteiger charge is 2.53. The number of hydrogen-bond acceptors (Lipinski definition) is 3. The van der Waals surface area contributed by atoms with Crippen molar-refractivity contribution in [2.75, 3.05) is 6.61 Å². The van der Waals surface area contributed by atoms with Crippen LogP contribution in [0.4, 0.5) is 0 Å². The molecule has 0 spiro atoms. The fourth-order valence-electron chi connectivity index (χ4n) is 4.10. The third-order valence-corrected chi connectivity index (χ3v) is 5.30. The molecule has 1 fully saturated rings. The minimum Gasteiger partial charge on any atom is -0.465 e. The molecule has 0 radical (unpaired) electrons. The van der Waals surface area contributed by atoms with Gasteiger partial charge in [0.05, 0.1) is 12.5 Å². The molecule has 0 heterocycles. The van der Waals surface area contributed by atoms with Gasteiger partial charge in [0, 0.05) is 17.3 Å². The van der Waals surface area contributed by atoms with Crippen LogP contribution in [0, 0.1) is 16.7 Å². The van der Waals surface area contributed by atoms with Gasteiger partial charge in [-0.3, -0.25) is 9.59 Å². The highest BCUT2D eigenvalue weighted by molar-refractivity contribution is 5.95. The topological polar surface area (TPSA) is 43.4 Å². The van der Waals surface area contributed by atoms with Crippen molar-refractivity contribution in [2.24, 2.45) is 16.7 Å². The fraction of sp³-hybridized carbons (Fsp3) is 0.500. The van der Waals surface area contributed by atoms with Crippen LogP contribution in [0.25, 0.3) is 0 Å². The molecule has 23 heavy (non-hydrogen) atoms. The number of fused-ring (bicyclic) bond motifs is 2. The zero-order valence-electron chi connectivity index (χ0n) is 13.9. The summed E-state index contributed by atoms with van der Waals surface area (Å²) in [6.07, 6.45) is 6.72. The summed E-state index contributed by atoms with van der Waals surface area (Å²) < 4.78 is 5.50. The third kappa shape index (κ3) is 3.10. The fourth-order valence-corrected chi connectivity index (χ4v) is 4.10. The maximum atomic E-state index is 12.6. The summed E-state index contributed by atoms with van der Waals surface area (Å²) in [7, 11) is 0. The van der Waals surface area contributed by atoms with Crippen molar-refractivity contribution in [2.45, 2.75) is 39.5 Å². The molecule has 0 saturated heterocycles. The second-order valence-electron chi connectivity index (χ2n) is 7.42. The zero-order chi connectivity index (χ0) is 16.5. The molecule has 122 valence electrons. The van der Waals surface area contributed by atoms with Crippen molar-refractivity contribution in [3.63, 3.8) is 0 Å². The molecule has 1 saturated carbocycles. The van der Waals surface area contributed by atoms with Gasteiger partial charge in [-0.05, 0) is 31.7 Å². The van der Waals surface area contributed by atoms with Gasteiger partial charge in [0.2, 0.25) is 0 Å². The summed E-state index contributed by atoms with van der Waals surface area (Å²) in [5.41, 5.74) is 0.247. The number of allylic oxidation sites excluding steroid dienone is 2. The van der Waals surface area contributed by atoms with Gasteiger partial charge in [-0.25, -0.2) is 0 Å². The van der Waals surface area contributed by atoms with E-state index < -0.39 is 10.8 Å². The third-order valence-electron chi connectivity index (χ3n) is 5.30. The van der Waals surface area contributed by atoms with Gasteiger partial charge in [-0.15, -0.1) is 0 Å². The summed E-state index contributed by atoms with van der Waals surface area (Å²) in [5, 5.41) is 0. The molecule has 2 bridgehead atoms. The number of benzene rings is 1. The summed E-state index contributed by atoms with van der Waals surface area (Å²) in [6, 6.07) is 10.0. The Balaban J connectivity index is 1.60. The average molecular weight is 312 g/mol. The van der Waals surface area contributed by atoms with Crippen LogP contribution < -0.4 is 0 Å². The molecular formula is C20H24O3. The van der Waals surface area contributed by atoms with Crippen LogP contribution in [-0.4, -0.2) is 18.4 Å². The number of esters is 1. The smallest absolute Gasteiger partial charge is 0.309 e. The number of carbonyl (C=O) groups excluding carboxylic acids is 2. The largest absolute Gasteiger partial charge is 0.465 e. The number of hydrogen-bond donors (Lipinski definition) is 0. The van der Waals surface area contributed by atoms with E-state index in [4.69, 9.17) is 4.74 Å². The minimum absolute atomic E-state index is 0.152. The minimum atomic E-state index is -0.506. The first-order chi connectivity index (χ1) is 10.9. The van der Waals surface area contributed by atoms with E-state index in [-0.39, 0.29) is 17.7 Å². The van der Waals surface area contributed by atoms with E-state index in [0.717, 1.165) is 18.4 Å². The van der Waals surface area contributed by atoms with Crippen molar-refractivity contribution in [1.82, 2.24) is 0 Å². The van der Waals surface area contributed by atoms with Gasteiger partial charge < -0.3 is 4.74 Å². The summed E-state index contributed by atoms with van der Waals surface area (Å²) in [6.45, 7) is 4.34. The molecule has 1 aromatic carbocycles. The predicted molar refractivity (Wildman–Crippen MR) is 88.8 cm³/mol. The molecule has 1 aromatic rings. The van der Waals surface area contributed by atoms with E-state index in [2.05, 4.69) is 6.08 Å². The Morgan fingerprint density at radius 1 is 1.22 bits per heavy atom. The van der Waals surface area contributed by atoms with Crippen LogP contribution in [0.1, 0.15) is 38.7 Å². The van der Waals surface area contributed by atoms with E-state index in [1.807, 2.05) is 50.3 Å². The van der Waals surface area contributed by atoms with Gasteiger partial charge in [-0.1, -0.05) is 49.4 Å². The Kier molecular flexibility index (Phi) is 4.13. The molecule has 0 aliphatic heterocycles. The van der Waals surface area contributed by atoms with Crippen molar-refractivity contribution in [3.05, 3.63) is 48.0 Å². The van der Waals surface area contributed by atoms with Crippen LogP contribution in [0.15, 0.2) is 42.5 Å². The monoisotopic (exact) mass is 312 g/mol. The van der Waals surface area contributed by atoms with Crippen LogP contribution >= 0.6 is 0 Å². The molecule has 0 N–H and O–H groups in total. The maximum absolute atomic E-state index is 12.6. The van der Waals surface area contributed by atoms with E-state index >= 15 is 0 Å². The first-order valence-corrected chi connectivity index (χ1v) is 8.36. The SMILES string of the molecule is C[C@]12CC=C[C@](C)(C[C@H](C(=O)OCCc3ccccc3)C1)C2=O. The van der Waals surface area contributed by atoms with Crippen LogP contribution in [-0.2, 0) is 20.7 Å². The molecule has 0 unspecified atom stereocenters. The normalized spacial score (nSPS) is 32.6. The van der Waals surface area contributed by atoms with Crippen LogP contribution in [0.5, 0.6) is 0 Å². The standard InChI is InChI=1S/C20H24O3/c1-19-10-6-11-20(2,18(19)22)14-16(13-19)17(21)23-12-9-15-7-4-3-5-8-15/h3-8,10,16H,9,11-14H2,1-2H3/t16-,19+,20-/m0/s1. The lowest BCUT2D eigenvalue weighted by Crippen LogP contribution is -2.50. The molecule has 3 nitrogen and oxygen atoms in total. The van der Waals surface area contributed by atoms with E-state index in [9.17, 15) is 9.59 Å². The Morgan fingerprint density at radius 2 is 1.96 bits per heavy atom. The first kappa shape index (κ1) is 16.0. The van der Waals surface area contributed by atoms with E-state index in [1.54, 1.807) is 0 Å². The molecule has 2 aliphatic carbocycles. The van der Waals surface area contributed by atoms with E-state index in [0.29, 0.717) is 19.4 Å². The maximum Gasteiger partial charge on any atom is 0.309 e. The Morgan fingerprint density at radius 3 is 2.65 bits per heavy atom. The van der Waals surface area contributed by atoms with Gasteiger partial charge in [-0.2, -0.15) is 0 Å². The molecule has 0 amide bonds. The molecule has 0 aromatic heterocycles. The first-order valence-electron chi connectivity index (χ1n) is 8.36. The summed E-state index contributed by atoms with van der Waals surface area (Å²) in [5.74, 6) is -0.0505. The predicted octanol–water partition coefficient (Wildman–Crippen LogP) is 3.72. The number of ketones is 1. The Hall–Kier alpha value is -1.90. The zero-order valence-corrected chi connectivity index (χ0v) is 13.9. The quantitative estimate of drug-likeness (QED) is 0.628. The second kappa shape index (κ2) is 5.95. The molecule has 3 heteroatoms. The molecule has 3 atom stereocenters. The summed E-state index contributed by atoms with van der Waals surface area (Å²) >= 11 is 0. The number of rotatable bonds is 4. The number of carbonyl (C=O) groups is 2. The van der Waals surface area contributed by atoms with Gasteiger partial charge in [0.25, 0.3) is 0 Å². The lowest BCUT2D eigenvalue weighted by Gasteiger charge is -2.46. The lowest BCUT2D eigenvalue weighted by molar-refractivity contribution is -0.157. The highest BCUT2D eigenvalue weighted by Crippen LogP contribution is 2.51. The number of Topliss-reactive ketones (excluding diaryl/α,β-unsaturated/α-hetero) is 1. The summed E-state index contributed by atoms with van der Waals surface area (Å²) in [4.78, 5) is 25.1. The van der Waals surface area contributed by atoms with E-state index in [1.165, 1.54) is 0 Å². The second-order valence-corrected chi connectivity index (χ2v) is 7.42.